The van der Waals surface area contributed by atoms with E-state index in [1.807, 2.05) is 26.0 Å². The van der Waals surface area contributed by atoms with Crippen LogP contribution in [0.4, 0.5) is 0 Å². The van der Waals surface area contributed by atoms with Crippen LogP contribution in [0.3, 0.4) is 0 Å². The highest BCUT2D eigenvalue weighted by Crippen LogP contribution is 2.24. The summed E-state index contributed by atoms with van der Waals surface area (Å²) in [6.07, 6.45) is 0.825. The lowest BCUT2D eigenvalue weighted by Crippen LogP contribution is -2.50. The van der Waals surface area contributed by atoms with Gasteiger partial charge in [-0.25, -0.2) is 0 Å². The molecule has 0 radical (unpaired) electrons. The van der Waals surface area contributed by atoms with Gasteiger partial charge in [-0.05, 0) is 50.5 Å². The van der Waals surface area contributed by atoms with Gasteiger partial charge in [-0.2, -0.15) is 0 Å². The van der Waals surface area contributed by atoms with E-state index in [2.05, 4.69) is 30.4 Å². The molecule has 2 amide bonds. The van der Waals surface area contributed by atoms with E-state index >= 15 is 0 Å². The van der Waals surface area contributed by atoms with Gasteiger partial charge in [0, 0.05) is 18.3 Å². The first-order valence-electron chi connectivity index (χ1n) is 10.4. The zero-order chi connectivity index (χ0) is 23.0. The molecule has 0 aliphatic carbocycles. The third kappa shape index (κ3) is 8.06. The van der Waals surface area contributed by atoms with E-state index in [4.69, 9.17) is 23.2 Å². The molecule has 4 nitrogen and oxygen atoms in total. The summed E-state index contributed by atoms with van der Waals surface area (Å²) in [7, 11) is 0. The molecule has 0 aromatic heterocycles. The van der Waals surface area contributed by atoms with Crippen molar-refractivity contribution in [2.75, 3.05) is 5.75 Å². The number of hydrogen-bond donors (Lipinski definition) is 1. The van der Waals surface area contributed by atoms with Gasteiger partial charge in [0.15, 0.2) is 0 Å². The molecule has 1 N–H and O–H groups in total. The van der Waals surface area contributed by atoms with Crippen molar-refractivity contribution >= 4 is 46.8 Å². The molecule has 31 heavy (non-hydrogen) atoms. The number of aryl methyl sites for hydroxylation is 1. The lowest BCUT2D eigenvalue weighted by atomic mass is 10.1. The van der Waals surface area contributed by atoms with Gasteiger partial charge in [0.2, 0.25) is 11.8 Å². The van der Waals surface area contributed by atoms with Crippen LogP contribution in [0.25, 0.3) is 0 Å². The summed E-state index contributed by atoms with van der Waals surface area (Å²) in [5.74, 6) is 0.777. The van der Waals surface area contributed by atoms with Crippen LogP contribution in [0.15, 0.2) is 42.5 Å². The highest BCUT2D eigenvalue weighted by Gasteiger charge is 2.26. The van der Waals surface area contributed by atoms with Crippen molar-refractivity contribution in [1.29, 1.82) is 0 Å². The molecule has 0 saturated carbocycles. The lowest BCUT2D eigenvalue weighted by molar-refractivity contribution is -0.138. The van der Waals surface area contributed by atoms with Crippen LogP contribution in [-0.2, 0) is 21.9 Å². The second-order valence-electron chi connectivity index (χ2n) is 7.75. The SMILES string of the molecule is CC[C@@H](C)NC(=O)[C@H](C)N(Cc1ccc(Cl)c(Cl)c1)C(=O)CSCc1cccc(C)c1. The minimum Gasteiger partial charge on any atom is -0.352 e. The molecule has 2 aromatic carbocycles. The number of benzene rings is 2. The Balaban J connectivity index is 2.11. The molecule has 168 valence electrons. The van der Waals surface area contributed by atoms with E-state index in [-0.39, 0.29) is 30.2 Å². The van der Waals surface area contributed by atoms with Crippen LogP contribution in [0.5, 0.6) is 0 Å². The molecule has 0 unspecified atom stereocenters. The fourth-order valence-electron chi connectivity index (χ4n) is 3.02. The van der Waals surface area contributed by atoms with Crippen molar-refractivity contribution in [3.8, 4) is 0 Å². The number of carbonyl (C=O) groups is 2. The number of halogens is 2. The number of hydrogen-bond acceptors (Lipinski definition) is 3. The topological polar surface area (TPSA) is 49.4 Å². The molecule has 0 bridgehead atoms. The van der Waals surface area contributed by atoms with Crippen molar-refractivity contribution in [2.45, 2.75) is 58.5 Å². The molecule has 0 saturated heterocycles. The Hall–Kier alpha value is -1.69. The summed E-state index contributed by atoms with van der Waals surface area (Å²) in [6.45, 7) is 8.06. The summed E-state index contributed by atoms with van der Waals surface area (Å²) in [5, 5.41) is 3.86. The number of rotatable bonds is 10. The van der Waals surface area contributed by atoms with Gasteiger partial charge in [-0.15, -0.1) is 11.8 Å². The van der Waals surface area contributed by atoms with Gasteiger partial charge in [0.1, 0.15) is 6.04 Å². The standard InChI is InChI=1S/C24H30Cl2N2O2S/c1-5-17(3)27-24(30)18(4)28(13-19-9-10-21(25)22(26)12-19)23(29)15-31-14-20-8-6-7-16(2)11-20/h6-12,17-18H,5,13-15H2,1-4H3,(H,27,30)/t17-,18+/m1/s1. The Labute approximate surface area is 199 Å². The van der Waals surface area contributed by atoms with Crippen LogP contribution >= 0.6 is 35.0 Å². The number of carbonyl (C=O) groups excluding carboxylic acids is 2. The first-order chi connectivity index (χ1) is 14.7. The minimum atomic E-state index is -0.601. The fraction of sp³-hybridized carbons (Fsp3) is 0.417. The quantitative estimate of drug-likeness (QED) is 0.462. The normalized spacial score (nSPS) is 12.8. The van der Waals surface area contributed by atoms with E-state index in [9.17, 15) is 9.59 Å². The van der Waals surface area contributed by atoms with E-state index in [1.54, 1.807) is 35.7 Å². The predicted molar refractivity (Wildman–Crippen MR) is 132 cm³/mol. The fourth-order valence-corrected chi connectivity index (χ4v) is 4.20. The monoisotopic (exact) mass is 480 g/mol. The van der Waals surface area contributed by atoms with Crippen LogP contribution in [0.1, 0.15) is 43.9 Å². The zero-order valence-electron chi connectivity index (χ0n) is 18.5. The number of amides is 2. The maximum Gasteiger partial charge on any atom is 0.242 e. The van der Waals surface area contributed by atoms with Crippen molar-refractivity contribution in [2.24, 2.45) is 0 Å². The van der Waals surface area contributed by atoms with Crippen molar-refractivity contribution < 1.29 is 9.59 Å². The molecule has 2 rings (SSSR count). The summed E-state index contributed by atoms with van der Waals surface area (Å²) in [6, 6.07) is 13.0. The molecule has 0 aliphatic heterocycles. The molecule has 2 aromatic rings. The highest BCUT2D eigenvalue weighted by molar-refractivity contribution is 7.99. The Morgan fingerprint density at radius 2 is 1.81 bits per heavy atom. The summed E-state index contributed by atoms with van der Waals surface area (Å²) < 4.78 is 0. The number of thioether (sulfide) groups is 1. The smallest absolute Gasteiger partial charge is 0.242 e. The molecule has 0 heterocycles. The summed E-state index contributed by atoms with van der Waals surface area (Å²) >= 11 is 13.7. The summed E-state index contributed by atoms with van der Waals surface area (Å²) in [5.41, 5.74) is 3.20. The molecular weight excluding hydrogens is 451 g/mol. The van der Waals surface area contributed by atoms with E-state index < -0.39 is 6.04 Å². The third-order valence-electron chi connectivity index (χ3n) is 5.08. The van der Waals surface area contributed by atoms with Crippen molar-refractivity contribution in [3.05, 3.63) is 69.2 Å². The Morgan fingerprint density at radius 1 is 1.06 bits per heavy atom. The van der Waals surface area contributed by atoms with Gasteiger partial charge in [0.05, 0.1) is 15.8 Å². The molecule has 0 aliphatic rings. The van der Waals surface area contributed by atoms with Crippen LogP contribution < -0.4 is 5.32 Å². The number of nitrogens with one attached hydrogen (secondary N) is 1. The predicted octanol–water partition coefficient (Wildman–Crippen LogP) is 5.87. The van der Waals surface area contributed by atoms with Crippen LogP contribution in [-0.4, -0.2) is 34.6 Å². The van der Waals surface area contributed by atoms with E-state index in [0.29, 0.717) is 10.0 Å². The highest BCUT2D eigenvalue weighted by atomic mass is 35.5. The molecule has 2 atom stereocenters. The first kappa shape index (κ1) is 25.6. The van der Waals surface area contributed by atoms with E-state index in [0.717, 1.165) is 17.7 Å². The van der Waals surface area contributed by atoms with Gasteiger partial charge in [0.25, 0.3) is 0 Å². The lowest BCUT2D eigenvalue weighted by Gasteiger charge is -2.29. The Morgan fingerprint density at radius 3 is 2.45 bits per heavy atom. The molecule has 0 spiro atoms. The van der Waals surface area contributed by atoms with Crippen molar-refractivity contribution in [1.82, 2.24) is 10.2 Å². The first-order valence-corrected chi connectivity index (χ1v) is 12.3. The average molecular weight is 481 g/mol. The third-order valence-corrected chi connectivity index (χ3v) is 6.81. The zero-order valence-corrected chi connectivity index (χ0v) is 20.8. The van der Waals surface area contributed by atoms with Crippen LogP contribution in [0, 0.1) is 6.92 Å². The van der Waals surface area contributed by atoms with Gasteiger partial charge < -0.3 is 10.2 Å². The Kier molecular flexibility index (Phi) is 10.2. The second-order valence-corrected chi connectivity index (χ2v) is 9.55. The van der Waals surface area contributed by atoms with Gasteiger partial charge in [-0.3, -0.25) is 9.59 Å². The molecular formula is C24H30Cl2N2O2S. The number of nitrogens with zero attached hydrogens (tertiary/aromatic N) is 1. The summed E-state index contributed by atoms with van der Waals surface area (Å²) in [4.78, 5) is 27.5. The van der Waals surface area contributed by atoms with Gasteiger partial charge in [-0.1, -0.05) is 66.0 Å². The van der Waals surface area contributed by atoms with E-state index in [1.165, 1.54) is 11.1 Å². The second kappa shape index (κ2) is 12.4. The Bertz CT molecular complexity index is 907. The van der Waals surface area contributed by atoms with Crippen molar-refractivity contribution in [3.63, 3.8) is 0 Å². The minimum absolute atomic E-state index is 0.0487. The molecule has 7 heteroatoms. The van der Waals surface area contributed by atoms with Crippen LogP contribution in [0.2, 0.25) is 10.0 Å². The maximum atomic E-state index is 13.1. The maximum absolute atomic E-state index is 13.1. The average Bonchev–Trinajstić information content (AvgIpc) is 2.73. The molecule has 0 fully saturated rings. The van der Waals surface area contributed by atoms with Gasteiger partial charge >= 0.3 is 0 Å². The largest absolute Gasteiger partial charge is 0.352 e.